The van der Waals surface area contributed by atoms with Crippen molar-refractivity contribution < 1.29 is 17.9 Å². The molecule has 0 radical (unpaired) electrons. The molecular weight excluding hydrogens is 796 g/mol. The molecule has 3 aliphatic rings. The fourth-order valence-electron chi connectivity index (χ4n) is 10.8. The third-order valence-corrected chi connectivity index (χ3v) is 14.2. The van der Waals surface area contributed by atoms with Crippen LogP contribution >= 0.6 is 0 Å². The van der Waals surface area contributed by atoms with E-state index in [1.807, 2.05) is 0 Å². The Morgan fingerprint density at radius 1 is 0.484 bits per heavy atom. The lowest BCUT2D eigenvalue weighted by atomic mass is 9.33. The Balaban J connectivity index is 1.29. The van der Waals surface area contributed by atoms with Gasteiger partial charge in [-0.1, -0.05) is 141 Å². The topological polar surface area (TPSA) is 17.4 Å². The average molecular weight is 845 g/mol. The largest absolute Gasteiger partial charge is 0.453 e. The molecule has 0 bridgehead atoms. The number of halogens is 3. The maximum atomic E-state index is 14.0. The molecule has 9 aromatic rings. The van der Waals surface area contributed by atoms with Crippen molar-refractivity contribution in [2.24, 2.45) is 0 Å². The molecule has 316 valence electrons. The molecule has 0 aliphatic carbocycles. The number of alkyl halides is 3. The molecule has 0 N–H and O–H groups in total. The van der Waals surface area contributed by atoms with Gasteiger partial charge in [-0.15, -0.1) is 0 Å². The highest BCUT2D eigenvalue weighted by Gasteiger charge is 2.47. The smallest absolute Gasteiger partial charge is 0.416 e. The summed E-state index contributed by atoms with van der Waals surface area (Å²) in [6, 6.07) is 43.9. The molecule has 0 saturated heterocycles. The molecule has 4 heterocycles. The van der Waals surface area contributed by atoms with Crippen LogP contribution < -0.4 is 26.0 Å². The highest BCUT2D eigenvalue weighted by Crippen LogP contribution is 2.55. The van der Waals surface area contributed by atoms with E-state index in [1.54, 1.807) is 12.1 Å². The van der Waals surface area contributed by atoms with Crippen LogP contribution in [0.1, 0.15) is 84.6 Å². The number of nitrogens with zero attached hydrogens (tertiary/aromatic N) is 2. The van der Waals surface area contributed by atoms with Crippen LogP contribution in [0.5, 0.6) is 11.5 Å². The van der Waals surface area contributed by atoms with Crippen molar-refractivity contribution in [2.75, 3.05) is 4.90 Å². The van der Waals surface area contributed by atoms with Crippen LogP contribution in [0, 0.1) is 0 Å². The molecule has 0 saturated carbocycles. The Morgan fingerprint density at radius 2 is 1.12 bits per heavy atom. The number of ether oxygens (including phenoxy) is 1. The van der Waals surface area contributed by atoms with Crippen LogP contribution in [0.25, 0.3) is 60.2 Å². The fraction of sp³-hybridized carbons (Fsp3) is 0.228. The van der Waals surface area contributed by atoms with Crippen LogP contribution in [-0.4, -0.2) is 11.3 Å². The van der Waals surface area contributed by atoms with E-state index in [4.69, 9.17) is 4.74 Å². The first-order chi connectivity index (χ1) is 30.3. The molecule has 0 unspecified atom stereocenters. The minimum Gasteiger partial charge on any atom is -0.453 e. The zero-order valence-electron chi connectivity index (χ0n) is 37.6. The summed E-state index contributed by atoms with van der Waals surface area (Å²) in [5, 5.41) is 7.19. The van der Waals surface area contributed by atoms with Crippen LogP contribution in [0.4, 0.5) is 30.2 Å². The first-order valence-corrected chi connectivity index (χ1v) is 22.4. The molecule has 8 aromatic carbocycles. The van der Waals surface area contributed by atoms with E-state index in [2.05, 4.69) is 175 Å². The lowest BCUT2D eigenvalue weighted by molar-refractivity contribution is -0.137. The summed E-state index contributed by atoms with van der Waals surface area (Å²) in [7, 11) is 0. The van der Waals surface area contributed by atoms with Gasteiger partial charge < -0.3 is 14.2 Å². The van der Waals surface area contributed by atoms with Crippen molar-refractivity contribution >= 4 is 83.5 Å². The van der Waals surface area contributed by atoms with Gasteiger partial charge in [0.15, 0.2) is 11.5 Å². The molecular formula is C57H48BF3N2O. The molecule has 0 atom stereocenters. The highest BCUT2D eigenvalue weighted by molar-refractivity contribution is 7.00. The van der Waals surface area contributed by atoms with Crippen molar-refractivity contribution in [2.45, 2.75) is 84.7 Å². The first-order valence-electron chi connectivity index (χ1n) is 22.4. The van der Waals surface area contributed by atoms with E-state index in [1.165, 1.54) is 77.5 Å². The number of aromatic nitrogens is 1. The Labute approximate surface area is 372 Å². The molecule has 0 spiro atoms. The van der Waals surface area contributed by atoms with Gasteiger partial charge in [0.25, 0.3) is 6.71 Å². The Morgan fingerprint density at radius 3 is 1.84 bits per heavy atom. The van der Waals surface area contributed by atoms with Gasteiger partial charge in [-0.3, -0.25) is 0 Å². The Hall–Kier alpha value is -6.47. The van der Waals surface area contributed by atoms with Gasteiger partial charge in [0, 0.05) is 22.1 Å². The van der Waals surface area contributed by atoms with Crippen molar-refractivity contribution in [3.05, 3.63) is 150 Å². The molecule has 7 heteroatoms. The monoisotopic (exact) mass is 844 g/mol. The van der Waals surface area contributed by atoms with E-state index < -0.39 is 11.7 Å². The minimum absolute atomic E-state index is 0.115. The van der Waals surface area contributed by atoms with Gasteiger partial charge in [-0.25, -0.2) is 0 Å². The van der Waals surface area contributed by atoms with Gasteiger partial charge >= 0.3 is 6.18 Å². The zero-order valence-corrected chi connectivity index (χ0v) is 37.6. The van der Waals surface area contributed by atoms with E-state index >= 15 is 0 Å². The summed E-state index contributed by atoms with van der Waals surface area (Å²) in [6.07, 6.45) is -4.44. The maximum absolute atomic E-state index is 14.0. The minimum atomic E-state index is -4.44. The Bertz CT molecular complexity index is 3520. The number of benzene rings is 8. The van der Waals surface area contributed by atoms with Gasteiger partial charge in [-0.2, -0.15) is 13.2 Å². The maximum Gasteiger partial charge on any atom is 0.416 e. The molecule has 0 fully saturated rings. The van der Waals surface area contributed by atoms with Crippen LogP contribution in [0.3, 0.4) is 0 Å². The average Bonchev–Trinajstić information content (AvgIpc) is 3.59. The number of rotatable bonds is 1. The molecule has 64 heavy (non-hydrogen) atoms. The molecule has 3 aliphatic heterocycles. The van der Waals surface area contributed by atoms with Crippen molar-refractivity contribution in [3.8, 4) is 28.3 Å². The summed E-state index contributed by atoms with van der Waals surface area (Å²) in [5.41, 5.74) is 13.9. The number of fused-ring (bicyclic) bond motifs is 13. The third-order valence-electron chi connectivity index (χ3n) is 14.2. The molecule has 1 aromatic heterocycles. The quantitative estimate of drug-likeness (QED) is 0.121. The van der Waals surface area contributed by atoms with E-state index in [0.29, 0.717) is 5.56 Å². The van der Waals surface area contributed by atoms with E-state index in [9.17, 15) is 13.2 Å². The van der Waals surface area contributed by atoms with Gasteiger partial charge in [-0.05, 0) is 131 Å². The van der Waals surface area contributed by atoms with Crippen molar-refractivity contribution in [1.29, 1.82) is 0 Å². The predicted octanol–water partition coefficient (Wildman–Crippen LogP) is 14.4. The van der Waals surface area contributed by atoms with Gasteiger partial charge in [0.05, 0.1) is 28.0 Å². The van der Waals surface area contributed by atoms with Crippen molar-refractivity contribution in [3.63, 3.8) is 0 Å². The first kappa shape index (κ1) is 39.2. The summed E-state index contributed by atoms with van der Waals surface area (Å²) >= 11 is 0. The zero-order chi connectivity index (χ0) is 44.6. The summed E-state index contributed by atoms with van der Waals surface area (Å²) in [5.74, 6) is 1.58. The second-order valence-electron chi connectivity index (χ2n) is 21.4. The fourth-order valence-corrected chi connectivity index (χ4v) is 10.8. The SMILES string of the molecule is CC(C)(C)c1ccc2c(c1)Oc1cc(C(C)(C)C)cc3c1N2c1cc(-c2ccc(C(F)(F)F)cc2)cc2c1B3c1cc3ccc4ccccc4c3c3c4ccc(C(C)(C)C)cc4n-2c13. The number of hydrogen-bond acceptors (Lipinski definition) is 2. The normalized spacial score (nSPS) is 14.3. The molecule has 3 nitrogen and oxygen atoms in total. The molecule has 0 amide bonds. The second kappa shape index (κ2) is 12.6. The van der Waals surface area contributed by atoms with Gasteiger partial charge in [0.2, 0.25) is 0 Å². The summed E-state index contributed by atoms with van der Waals surface area (Å²) in [4.78, 5) is 2.38. The lowest BCUT2D eigenvalue weighted by Gasteiger charge is -2.44. The third kappa shape index (κ3) is 5.48. The van der Waals surface area contributed by atoms with Crippen LogP contribution in [0.15, 0.2) is 127 Å². The Kier molecular flexibility index (Phi) is 7.72. The number of hydrogen-bond donors (Lipinski definition) is 0. The lowest BCUT2D eigenvalue weighted by Crippen LogP contribution is -2.61. The van der Waals surface area contributed by atoms with Crippen LogP contribution in [0.2, 0.25) is 0 Å². The van der Waals surface area contributed by atoms with E-state index in [0.717, 1.165) is 50.8 Å². The van der Waals surface area contributed by atoms with E-state index in [-0.39, 0.29) is 23.0 Å². The molecule has 12 rings (SSSR count). The van der Waals surface area contributed by atoms with Crippen LogP contribution in [-0.2, 0) is 22.4 Å². The predicted molar refractivity (Wildman–Crippen MR) is 262 cm³/mol. The highest BCUT2D eigenvalue weighted by atomic mass is 19.4. The van der Waals surface area contributed by atoms with Gasteiger partial charge in [0.1, 0.15) is 0 Å². The number of anilines is 3. The summed E-state index contributed by atoms with van der Waals surface area (Å²) in [6.45, 7) is 20.0. The van der Waals surface area contributed by atoms with Crippen molar-refractivity contribution in [1.82, 2.24) is 4.57 Å². The summed E-state index contributed by atoms with van der Waals surface area (Å²) < 4.78 is 51.7. The second-order valence-corrected chi connectivity index (χ2v) is 21.4. The standard InChI is InChI=1S/C57H48BF3N2O/c1-54(2,3)36-20-22-40-44(28-36)63-46-26-34(31-16-18-35(19-17-31)57(59,60)61)25-45-51(46)58(41-24-33-15-14-32-12-10-11-13-39(32)49(33)50(40)53(41)63)42-27-38(56(7,8)9)30-48-52(42)62(45)43-23-21-37(55(4,5)6)29-47(43)64-48/h10-30H,1-9H3.